The predicted molar refractivity (Wildman–Crippen MR) is 112 cm³/mol. The maximum atomic E-state index is 5.88. The van der Waals surface area contributed by atoms with Gasteiger partial charge in [-0.1, -0.05) is 0 Å². The summed E-state index contributed by atoms with van der Waals surface area (Å²) < 4.78 is 5.21. The summed E-state index contributed by atoms with van der Waals surface area (Å²) >= 11 is 0. The Balaban J connectivity index is 1.52. The molecular weight excluding hydrogens is 380 g/mol. The van der Waals surface area contributed by atoms with Crippen LogP contribution in [0.1, 0.15) is 0 Å². The van der Waals surface area contributed by atoms with Gasteiger partial charge in [0.2, 0.25) is 0 Å². The number of nitrogens with zero attached hydrogens (tertiary/aromatic N) is 5. The molecule has 0 aliphatic carbocycles. The third-order valence-corrected chi connectivity index (χ3v) is 4.96. The molecule has 6 aromatic heterocycles. The molecule has 6 aromatic rings. The lowest BCUT2D eigenvalue weighted by molar-refractivity contribution is 0.568. The lowest BCUT2D eigenvalue weighted by atomic mass is 10.1. The molecule has 0 amide bonds. The Labute approximate surface area is 169 Å². The normalized spacial score (nSPS) is 11.5. The van der Waals surface area contributed by atoms with Crippen LogP contribution in [0.2, 0.25) is 0 Å². The van der Waals surface area contributed by atoms with E-state index in [1.54, 1.807) is 43.5 Å². The number of nitrogen functional groups attached to an aromatic ring is 1. The molecule has 144 valence electrons. The topological polar surface area (TPSA) is 135 Å². The molecule has 0 spiro atoms. The maximum absolute atomic E-state index is 5.88. The Morgan fingerprint density at radius 2 is 1.83 bits per heavy atom. The average Bonchev–Trinajstić information content (AvgIpc) is 3.51. The summed E-state index contributed by atoms with van der Waals surface area (Å²) in [6.45, 7) is 0. The van der Waals surface area contributed by atoms with Gasteiger partial charge in [0.05, 0.1) is 35.3 Å². The highest BCUT2D eigenvalue weighted by Gasteiger charge is 2.17. The van der Waals surface area contributed by atoms with E-state index in [-0.39, 0.29) is 0 Å². The van der Waals surface area contributed by atoms with Crippen LogP contribution in [0.4, 0.5) is 5.69 Å². The lowest BCUT2D eigenvalue weighted by Crippen LogP contribution is -1.89. The van der Waals surface area contributed by atoms with E-state index in [9.17, 15) is 0 Å². The Kier molecular flexibility index (Phi) is 3.42. The largest absolute Gasteiger partial charge is 0.472 e. The molecule has 0 unspecified atom stereocenters. The molecule has 0 radical (unpaired) electrons. The maximum Gasteiger partial charge on any atom is 0.159 e. The van der Waals surface area contributed by atoms with Gasteiger partial charge in [-0.2, -0.15) is 5.10 Å². The fourth-order valence-electron chi connectivity index (χ4n) is 3.53. The summed E-state index contributed by atoms with van der Waals surface area (Å²) in [5.41, 5.74) is 13.0. The van der Waals surface area contributed by atoms with Gasteiger partial charge in [-0.05, 0) is 18.2 Å². The number of H-pyrrole nitrogens is 2. The third-order valence-electron chi connectivity index (χ3n) is 4.96. The van der Waals surface area contributed by atoms with Crippen LogP contribution in [0.3, 0.4) is 0 Å². The highest BCUT2D eigenvalue weighted by atomic mass is 16.3. The van der Waals surface area contributed by atoms with Crippen LogP contribution in [0.5, 0.6) is 0 Å². The first-order valence-electron chi connectivity index (χ1n) is 9.18. The molecule has 9 nitrogen and oxygen atoms in total. The van der Waals surface area contributed by atoms with Gasteiger partial charge in [0.15, 0.2) is 11.5 Å². The first kappa shape index (κ1) is 16.4. The number of furan rings is 1. The van der Waals surface area contributed by atoms with Crippen molar-refractivity contribution in [1.29, 1.82) is 0 Å². The first-order valence-corrected chi connectivity index (χ1v) is 9.18. The van der Waals surface area contributed by atoms with E-state index in [4.69, 9.17) is 15.1 Å². The standard InChI is InChI=1S/C21H14N8O/c22-14-3-12(5-23-7-14)13-4-15-19(28-29-20(15)25-6-13)21-26-17-9-24-8-16(18(17)27-21)11-1-2-30-10-11/h1-10H,22H2,(H,26,27)(H,25,28,29). The van der Waals surface area contributed by atoms with E-state index in [2.05, 4.69) is 30.1 Å². The highest BCUT2D eigenvalue weighted by Crippen LogP contribution is 2.32. The minimum atomic E-state index is 0.594. The molecular formula is C21H14N8O. The Hall–Kier alpha value is -4.53. The smallest absolute Gasteiger partial charge is 0.159 e. The molecule has 0 aliphatic rings. The number of pyridine rings is 3. The molecule has 0 aliphatic heterocycles. The number of anilines is 1. The summed E-state index contributed by atoms with van der Waals surface area (Å²) in [5.74, 6) is 0.624. The summed E-state index contributed by atoms with van der Waals surface area (Å²) in [6.07, 6.45) is 11.9. The van der Waals surface area contributed by atoms with Gasteiger partial charge in [-0.25, -0.2) is 9.97 Å². The number of hydrogen-bond donors (Lipinski definition) is 3. The zero-order valence-corrected chi connectivity index (χ0v) is 15.5. The number of aromatic amines is 2. The number of hydrogen-bond acceptors (Lipinski definition) is 7. The molecule has 0 atom stereocenters. The van der Waals surface area contributed by atoms with Gasteiger partial charge >= 0.3 is 0 Å². The zero-order valence-electron chi connectivity index (χ0n) is 15.5. The SMILES string of the molecule is Nc1cncc(-c2cnc3[nH]nc(-c4nc5c(-c6ccoc6)cncc5[nH]4)c3c2)c1. The lowest BCUT2D eigenvalue weighted by Gasteiger charge is -2.02. The number of fused-ring (bicyclic) bond motifs is 2. The molecule has 9 heteroatoms. The van der Waals surface area contributed by atoms with Crippen molar-refractivity contribution in [2.24, 2.45) is 0 Å². The fraction of sp³-hybridized carbons (Fsp3) is 0. The van der Waals surface area contributed by atoms with Crippen molar-refractivity contribution in [3.8, 4) is 33.8 Å². The van der Waals surface area contributed by atoms with E-state index >= 15 is 0 Å². The van der Waals surface area contributed by atoms with E-state index in [1.165, 1.54) is 0 Å². The van der Waals surface area contributed by atoms with Crippen LogP contribution >= 0.6 is 0 Å². The highest BCUT2D eigenvalue weighted by molar-refractivity contribution is 5.96. The Bertz CT molecular complexity index is 1510. The van der Waals surface area contributed by atoms with Gasteiger partial charge < -0.3 is 15.1 Å². The van der Waals surface area contributed by atoms with Gasteiger partial charge in [0.25, 0.3) is 0 Å². The molecule has 0 saturated carbocycles. The number of rotatable bonds is 3. The molecule has 0 saturated heterocycles. The molecule has 6 heterocycles. The summed E-state index contributed by atoms with van der Waals surface area (Å²) in [6, 6.07) is 5.74. The van der Waals surface area contributed by atoms with Crippen molar-refractivity contribution >= 4 is 27.8 Å². The Morgan fingerprint density at radius 3 is 2.70 bits per heavy atom. The van der Waals surface area contributed by atoms with E-state index in [1.807, 2.05) is 18.2 Å². The van der Waals surface area contributed by atoms with Crippen LogP contribution in [-0.4, -0.2) is 35.1 Å². The summed E-state index contributed by atoms with van der Waals surface area (Å²) in [7, 11) is 0. The van der Waals surface area contributed by atoms with Crippen LogP contribution in [0.25, 0.3) is 55.8 Å². The van der Waals surface area contributed by atoms with Crippen LogP contribution in [0.15, 0.2) is 66.1 Å². The van der Waals surface area contributed by atoms with E-state index in [0.29, 0.717) is 22.9 Å². The second-order valence-electron chi connectivity index (χ2n) is 6.88. The van der Waals surface area contributed by atoms with Crippen molar-refractivity contribution < 1.29 is 4.42 Å². The first-order chi connectivity index (χ1) is 14.8. The van der Waals surface area contributed by atoms with Crippen molar-refractivity contribution in [2.75, 3.05) is 5.73 Å². The quantitative estimate of drug-likeness (QED) is 0.415. The van der Waals surface area contributed by atoms with Gasteiger partial charge in [-0.3, -0.25) is 15.1 Å². The van der Waals surface area contributed by atoms with Crippen LogP contribution < -0.4 is 5.73 Å². The van der Waals surface area contributed by atoms with Crippen LogP contribution in [0, 0.1) is 0 Å². The fourth-order valence-corrected chi connectivity index (χ4v) is 3.53. The molecule has 6 rings (SSSR count). The van der Waals surface area contributed by atoms with E-state index < -0.39 is 0 Å². The minimum absolute atomic E-state index is 0.594. The second-order valence-corrected chi connectivity index (χ2v) is 6.88. The number of aromatic nitrogens is 7. The summed E-state index contributed by atoms with van der Waals surface area (Å²) in [4.78, 5) is 21.1. The summed E-state index contributed by atoms with van der Waals surface area (Å²) in [5, 5.41) is 8.26. The monoisotopic (exact) mass is 394 g/mol. The Morgan fingerprint density at radius 1 is 0.933 bits per heavy atom. The van der Waals surface area contributed by atoms with Crippen molar-refractivity contribution in [1.82, 2.24) is 35.1 Å². The van der Waals surface area contributed by atoms with Gasteiger partial charge in [-0.15, -0.1) is 0 Å². The third kappa shape index (κ3) is 2.53. The number of nitrogens with one attached hydrogen (secondary N) is 2. The number of nitrogens with two attached hydrogens (primary N) is 1. The van der Waals surface area contributed by atoms with Crippen molar-refractivity contribution in [2.45, 2.75) is 0 Å². The predicted octanol–water partition coefficient (Wildman–Crippen LogP) is 3.80. The van der Waals surface area contributed by atoms with Crippen molar-refractivity contribution in [3.05, 3.63) is 61.7 Å². The average molecular weight is 394 g/mol. The van der Waals surface area contributed by atoms with E-state index in [0.717, 1.165) is 38.7 Å². The zero-order chi connectivity index (χ0) is 20.1. The molecule has 0 fully saturated rings. The minimum Gasteiger partial charge on any atom is -0.472 e. The van der Waals surface area contributed by atoms with Crippen molar-refractivity contribution in [3.63, 3.8) is 0 Å². The number of imidazole rings is 1. The van der Waals surface area contributed by atoms with Crippen LogP contribution in [-0.2, 0) is 0 Å². The molecule has 0 aromatic carbocycles. The molecule has 0 bridgehead atoms. The molecule has 4 N–H and O–H groups in total. The van der Waals surface area contributed by atoms with Gasteiger partial charge in [0.1, 0.15) is 11.2 Å². The second kappa shape index (κ2) is 6.24. The molecule has 30 heavy (non-hydrogen) atoms. The van der Waals surface area contributed by atoms with Gasteiger partial charge in [0, 0.05) is 47.0 Å².